The fourth-order valence-corrected chi connectivity index (χ4v) is 1.43. The largest absolute Gasteiger partial charge is 0.377 e. The van der Waals surface area contributed by atoms with E-state index in [-0.39, 0.29) is 0 Å². The molecule has 0 saturated carbocycles. The highest BCUT2D eigenvalue weighted by Gasteiger charge is 2.02. The summed E-state index contributed by atoms with van der Waals surface area (Å²) in [6.45, 7) is 10.2. The van der Waals surface area contributed by atoms with Crippen LogP contribution in [0, 0.1) is 0 Å². The molecular weight excluding hydrogens is 186 g/mol. The molecule has 0 aromatic carbocycles. The fourth-order valence-electron chi connectivity index (χ4n) is 1.19. The molecule has 13 heavy (non-hydrogen) atoms. The van der Waals surface area contributed by atoms with E-state index < -0.39 is 0 Å². The van der Waals surface area contributed by atoms with Crippen LogP contribution in [0.3, 0.4) is 0 Å². The Balaban J connectivity index is 3.44. The first-order valence-corrected chi connectivity index (χ1v) is 5.64. The number of rotatable bonds is 8. The molecule has 0 saturated heterocycles. The van der Waals surface area contributed by atoms with Gasteiger partial charge in [-0.15, -0.1) is 11.6 Å². The molecule has 0 aliphatic rings. The average Bonchev–Trinajstić information content (AvgIpc) is 2.04. The maximum atomic E-state index is 5.69. The molecule has 0 radical (unpaired) electrons. The minimum atomic E-state index is 0.333. The number of ether oxygens (including phenoxy) is 1. The summed E-state index contributed by atoms with van der Waals surface area (Å²) in [5, 5.41) is 0. The zero-order valence-corrected chi connectivity index (χ0v) is 9.81. The first kappa shape index (κ1) is 13.2. The van der Waals surface area contributed by atoms with Crippen molar-refractivity contribution in [1.29, 1.82) is 0 Å². The van der Waals surface area contributed by atoms with E-state index in [2.05, 4.69) is 25.7 Å². The summed E-state index contributed by atoms with van der Waals surface area (Å²) >= 11 is 5.69. The quantitative estimate of drug-likeness (QED) is 0.567. The van der Waals surface area contributed by atoms with Gasteiger partial charge in [-0.25, -0.2) is 0 Å². The van der Waals surface area contributed by atoms with E-state index in [9.17, 15) is 0 Å². The molecular formula is C10H22ClNO. The Hall–Kier alpha value is 0.210. The van der Waals surface area contributed by atoms with Gasteiger partial charge >= 0.3 is 0 Å². The lowest BCUT2D eigenvalue weighted by Crippen LogP contribution is -2.30. The van der Waals surface area contributed by atoms with Gasteiger partial charge in [-0.1, -0.05) is 6.92 Å². The molecule has 0 aliphatic heterocycles. The third-order valence-electron chi connectivity index (χ3n) is 1.80. The predicted octanol–water partition coefficient (Wildman–Crippen LogP) is 2.36. The van der Waals surface area contributed by atoms with Gasteiger partial charge in [0.05, 0.1) is 12.7 Å². The van der Waals surface area contributed by atoms with E-state index in [1.54, 1.807) is 0 Å². The van der Waals surface area contributed by atoms with Crippen molar-refractivity contribution in [3.8, 4) is 0 Å². The van der Waals surface area contributed by atoms with Crippen LogP contribution in [0.2, 0.25) is 0 Å². The highest BCUT2D eigenvalue weighted by molar-refractivity contribution is 6.18. The van der Waals surface area contributed by atoms with E-state index >= 15 is 0 Å². The lowest BCUT2D eigenvalue weighted by Gasteiger charge is -2.20. The summed E-state index contributed by atoms with van der Waals surface area (Å²) < 4.78 is 5.48. The van der Waals surface area contributed by atoms with Crippen LogP contribution < -0.4 is 0 Å². The Morgan fingerprint density at radius 3 is 2.38 bits per heavy atom. The van der Waals surface area contributed by atoms with Gasteiger partial charge in [0.15, 0.2) is 0 Å². The minimum Gasteiger partial charge on any atom is -0.377 e. The van der Waals surface area contributed by atoms with Crippen LogP contribution in [-0.2, 0) is 4.74 Å². The topological polar surface area (TPSA) is 12.5 Å². The van der Waals surface area contributed by atoms with Crippen LogP contribution in [0.1, 0.15) is 27.2 Å². The normalized spacial score (nSPS) is 11.5. The van der Waals surface area contributed by atoms with E-state index in [1.165, 1.54) is 6.42 Å². The van der Waals surface area contributed by atoms with Crippen molar-refractivity contribution in [2.75, 3.05) is 32.1 Å². The molecule has 0 N–H and O–H groups in total. The van der Waals surface area contributed by atoms with Crippen molar-refractivity contribution in [3.63, 3.8) is 0 Å². The average molecular weight is 208 g/mol. The maximum absolute atomic E-state index is 5.69. The Morgan fingerprint density at radius 1 is 1.23 bits per heavy atom. The van der Waals surface area contributed by atoms with Crippen molar-refractivity contribution < 1.29 is 4.74 Å². The second kappa shape index (κ2) is 8.79. The smallest absolute Gasteiger partial charge is 0.0596 e. The number of halogens is 1. The number of alkyl halides is 1. The molecule has 0 rings (SSSR count). The van der Waals surface area contributed by atoms with Gasteiger partial charge in [0.25, 0.3) is 0 Å². The van der Waals surface area contributed by atoms with Gasteiger partial charge in [-0.05, 0) is 26.8 Å². The minimum absolute atomic E-state index is 0.333. The van der Waals surface area contributed by atoms with Crippen molar-refractivity contribution in [2.45, 2.75) is 33.3 Å². The maximum Gasteiger partial charge on any atom is 0.0596 e. The Morgan fingerprint density at radius 2 is 1.92 bits per heavy atom. The summed E-state index contributed by atoms with van der Waals surface area (Å²) in [5.74, 6) is 0.710. The van der Waals surface area contributed by atoms with E-state index in [0.29, 0.717) is 12.0 Å². The van der Waals surface area contributed by atoms with Crippen LogP contribution in [0.15, 0.2) is 0 Å². The van der Waals surface area contributed by atoms with Crippen molar-refractivity contribution in [2.24, 2.45) is 0 Å². The molecule has 0 unspecified atom stereocenters. The summed E-state index contributed by atoms with van der Waals surface area (Å²) in [6, 6.07) is 0. The molecule has 0 heterocycles. The van der Waals surface area contributed by atoms with Crippen molar-refractivity contribution in [3.05, 3.63) is 0 Å². The summed E-state index contributed by atoms with van der Waals surface area (Å²) in [4.78, 5) is 2.34. The summed E-state index contributed by atoms with van der Waals surface area (Å²) in [6.07, 6.45) is 1.51. The Bertz CT molecular complexity index is 103. The number of nitrogens with zero attached hydrogens (tertiary/aromatic N) is 1. The monoisotopic (exact) mass is 207 g/mol. The van der Waals surface area contributed by atoms with Gasteiger partial charge in [-0.3, -0.25) is 4.90 Å². The molecule has 0 aromatic heterocycles. The van der Waals surface area contributed by atoms with Crippen molar-refractivity contribution >= 4 is 11.6 Å². The fraction of sp³-hybridized carbons (Fsp3) is 1.00. The first-order chi connectivity index (χ1) is 6.20. The van der Waals surface area contributed by atoms with Gasteiger partial charge in [0.2, 0.25) is 0 Å². The van der Waals surface area contributed by atoms with Crippen LogP contribution in [0.5, 0.6) is 0 Å². The molecule has 0 fully saturated rings. The van der Waals surface area contributed by atoms with Crippen LogP contribution in [0.4, 0.5) is 0 Å². The number of hydrogen-bond acceptors (Lipinski definition) is 2. The molecule has 0 bridgehead atoms. The van der Waals surface area contributed by atoms with Gasteiger partial charge < -0.3 is 4.74 Å². The first-order valence-electron chi connectivity index (χ1n) is 5.10. The van der Waals surface area contributed by atoms with Crippen LogP contribution >= 0.6 is 11.6 Å². The van der Waals surface area contributed by atoms with Crippen molar-refractivity contribution in [1.82, 2.24) is 4.90 Å². The molecule has 80 valence electrons. The molecule has 3 heteroatoms. The molecule has 0 aliphatic carbocycles. The SMILES string of the molecule is CCCN(CCCl)CCOC(C)C. The Labute approximate surface area is 87.2 Å². The Kier molecular flexibility index (Phi) is 8.93. The highest BCUT2D eigenvalue weighted by Crippen LogP contribution is 1.94. The summed E-state index contributed by atoms with van der Waals surface area (Å²) in [5.41, 5.74) is 0. The lowest BCUT2D eigenvalue weighted by molar-refractivity contribution is 0.0602. The van der Waals surface area contributed by atoms with Crippen LogP contribution in [-0.4, -0.2) is 43.1 Å². The van der Waals surface area contributed by atoms with E-state index in [4.69, 9.17) is 16.3 Å². The third-order valence-corrected chi connectivity index (χ3v) is 1.97. The molecule has 0 amide bonds. The van der Waals surface area contributed by atoms with Gasteiger partial charge in [0.1, 0.15) is 0 Å². The zero-order chi connectivity index (χ0) is 10.1. The molecule has 0 atom stereocenters. The lowest BCUT2D eigenvalue weighted by atomic mass is 10.4. The molecule has 2 nitrogen and oxygen atoms in total. The third kappa shape index (κ3) is 8.54. The molecule has 0 aromatic rings. The summed E-state index contributed by atoms with van der Waals surface area (Å²) in [7, 11) is 0. The predicted molar refractivity (Wildman–Crippen MR) is 58.5 cm³/mol. The standard InChI is InChI=1S/C10H22ClNO/c1-4-6-12(7-5-11)8-9-13-10(2)3/h10H,4-9H2,1-3H3. The van der Waals surface area contributed by atoms with Gasteiger partial charge in [-0.2, -0.15) is 0 Å². The van der Waals surface area contributed by atoms with E-state index in [1.807, 2.05) is 0 Å². The van der Waals surface area contributed by atoms with E-state index in [0.717, 1.165) is 26.2 Å². The second-order valence-electron chi connectivity index (χ2n) is 3.45. The second-order valence-corrected chi connectivity index (χ2v) is 3.83. The number of hydrogen-bond donors (Lipinski definition) is 0. The van der Waals surface area contributed by atoms with Gasteiger partial charge in [0, 0.05) is 19.0 Å². The highest BCUT2D eigenvalue weighted by atomic mass is 35.5. The molecule has 0 spiro atoms. The van der Waals surface area contributed by atoms with Crippen LogP contribution in [0.25, 0.3) is 0 Å². The zero-order valence-electron chi connectivity index (χ0n) is 9.05.